The second kappa shape index (κ2) is 10.5. The number of carbonyl (C=O) groups excluding carboxylic acids is 1. The second-order valence-corrected chi connectivity index (χ2v) is 11.4. The minimum atomic E-state index is -3.47. The van der Waals surface area contributed by atoms with E-state index in [0.717, 1.165) is 27.4 Å². The Balaban J connectivity index is 1.32. The van der Waals surface area contributed by atoms with Gasteiger partial charge in [0.25, 0.3) is 5.56 Å². The zero-order valence-corrected chi connectivity index (χ0v) is 21.9. The first-order chi connectivity index (χ1) is 18.2. The number of carbonyl (C=O) groups is 1. The molecule has 198 valence electrons. The maximum absolute atomic E-state index is 13.2. The fourth-order valence-electron chi connectivity index (χ4n) is 4.45. The molecule has 14 heteroatoms. The van der Waals surface area contributed by atoms with E-state index in [-0.39, 0.29) is 43.1 Å². The van der Waals surface area contributed by atoms with Crippen LogP contribution in [-0.2, 0) is 27.9 Å². The Kier molecular flexibility index (Phi) is 7.15. The lowest BCUT2D eigenvalue weighted by Gasteiger charge is -2.20. The van der Waals surface area contributed by atoms with E-state index in [2.05, 4.69) is 30.6 Å². The molecular formula is C24H25ClN8O4S. The smallest absolute Gasteiger partial charge is 0.294 e. The van der Waals surface area contributed by atoms with Gasteiger partial charge in [-0.15, -0.1) is 0 Å². The molecule has 5 heterocycles. The van der Waals surface area contributed by atoms with E-state index in [0.29, 0.717) is 5.69 Å². The van der Waals surface area contributed by atoms with Crippen LogP contribution in [0.5, 0.6) is 0 Å². The molecule has 38 heavy (non-hydrogen) atoms. The summed E-state index contributed by atoms with van der Waals surface area (Å²) in [4.78, 5) is 41.7. The maximum atomic E-state index is 13.2. The minimum absolute atomic E-state index is 0.00318. The van der Waals surface area contributed by atoms with E-state index in [1.807, 2.05) is 24.3 Å². The summed E-state index contributed by atoms with van der Waals surface area (Å²) in [6, 6.07) is 8.73. The van der Waals surface area contributed by atoms with E-state index in [1.165, 1.54) is 10.5 Å². The molecule has 3 N–H and O–H groups in total. The van der Waals surface area contributed by atoms with Gasteiger partial charge in [0, 0.05) is 55.2 Å². The average Bonchev–Trinajstić information content (AvgIpc) is 3.54. The number of halogens is 1. The number of anilines is 1. The topological polar surface area (TPSA) is 155 Å². The van der Waals surface area contributed by atoms with Crippen LogP contribution in [0.4, 0.5) is 5.82 Å². The van der Waals surface area contributed by atoms with E-state index in [1.54, 1.807) is 24.7 Å². The Hall–Kier alpha value is -3.81. The summed E-state index contributed by atoms with van der Waals surface area (Å²) in [6.45, 7) is 0.244. The van der Waals surface area contributed by atoms with Gasteiger partial charge in [0.05, 0.1) is 18.5 Å². The first-order valence-electron chi connectivity index (χ1n) is 11.8. The number of aromatic amines is 1. The van der Waals surface area contributed by atoms with Gasteiger partial charge in [-0.25, -0.2) is 18.4 Å². The first kappa shape index (κ1) is 25.8. The lowest BCUT2D eigenvalue weighted by atomic mass is 9.99. The molecule has 2 atom stereocenters. The number of H-pyrrole nitrogens is 1. The molecule has 0 spiro atoms. The summed E-state index contributed by atoms with van der Waals surface area (Å²) >= 11 is 6.22. The number of nitrogens with zero attached hydrogens (tertiary/aromatic N) is 5. The lowest BCUT2D eigenvalue weighted by Crippen LogP contribution is -2.37. The second-order valence-electron chi connectivity index (χ2n) is 9.05. The van der Waals surface area contributed by atoms with Crippen LogP contribution in [0.1, 0.15) is 17.2 Å². The number of aromatic nitrogens is 5. The van der Waals surface area contributed by atoms with Crippen molar-refractivity contribution in [3.63, 3.8) is 0 Å². The van der Waals surface area contributed by atoms with Crippen molar-refractivity contribution in [1.29, 1.82) is 0 Å². The van der Waals surface area contributed by atoms with Gasteiger partial charge in [-0.2, -0.15) is 4.31 Å². The fraction of sp³-hybridized carbons (Fsp3) is 0.292. The van der Waals surface area contributed by atoms with Crippen molar-refractivity contribution in [3.05, 3.63) is 81.9 Å². The van der Waals surface area contributed by atoms with E-state index >= 15 is 0 Å². The van der Waals surface area contributed by atoms with Crippen molar-refractivity contribution in [2.75, 3.05) is 24.7 Å². The highest BCUT2D eigenvalue weighted by Crippen LogP contribution is 2.29. The molecule has 12 nitrogen and oxygen atoms in total. The monoisotopic (exact) mass is 556 g/mol. The van der Waals surface area contributed by atoms with Crippen LogP contribution in [0.25, 0.3) is 11.0 Å². The third-order valence-electron chi connectivity index (χ3n) is 6.40. The number of hydrogen-bond acceptors (Lipinski definition) is 8. The Morgan fingerprint density at radius 1 is 1.18 bits per heavy atom. The summed E-state index contributed by atoms with van der Waals surface area (Å²) in [7, 11) is -3.47. The molecule has 1 amide bonds. The van der Waals surface area contributed by atoms with Crippen molar-refractivity contribution in [2.24, 2.45) is 0 Å². The van der Waals surface area contributed by atoms with Gasteiger partial charge in [-0.05, 0) is 29.8 Å². The summed E-state index contributed by atoms with van der Waals surface area (Å²) in [5, 5.41) is 6.77. The van der Waals surface area contributed by atoms with Crippen molar-refractivity contribution in [3.8, 4) is 0 Å². The number of sulfonamides is 1. The highest BCUT2D eigenvalue weighted by Gasteiger charge is 2.39. The quantitative estimate of drug-likeness (QED) is 0.293. The molecule has 1 aliphatic heterocycles. The Labute approximate surface area is 223 Å². The molecule has 0 saturated carbocycles. The van der Waals surface area contributed by atoms with Gasteiger partial charge in [-0.3, -0.25) is 19.1 Å². The number of pyridine rings is 2. The number of nitrogens with one attached hydrogen (secondary N) is 3. The van der Waals surface area contributed by atoms with Crippen LogP contribution < -0.4 is 16.2 Å². The standard InChI is InChI=1S/C24H25ClN8O4S/c1-38(36,37)32-12-17(18-4-2-3-6-26-18)19(13-32)31-23-24(35)33(20(25)11-30-23)14-21(34)28-9-15-8-16-5-7-27-22(16)29-10-15/h2-8,10-11,17,19H,9,12-14H2,1H3,(H,27,29)(H,28,34)(H,30,31)/t17-,19+/m1/s1. The molecule has 4 aromatic rings. The molecule has 5 rings (SSSR count). The Morgan fingerprint density at radius 2 is 2.03 bits per heavy atom. The van der Waals surface area contributed by atoms with Crippen LogP contribution in [0, 0.1) is 0 Å². The average molecular weight is 557 g/mol. The van der Waals surface area contributed by atoms with Crippen molar-refractivity contribution in [1.82, 2.24) is 34.1 Å². The molecule has 1 aliphatic rings. The molecule has 4 aromatic heterocycles. The van der Waals surface area contributed by atoms with Crippen molar-refractivity contribution < 1.29 is 13.2 Å². The summed E-state index contributed by atoms with van der Waals surface area (Å²) in [6.07, 6.45) is 7.50. The third kappa shape index (κ3) is 5.54. The van der Waals surface area contributed by atoms with Crippen LogP contribution in [0.2, 0.25) is 5.15 Å². The highest BCUT2D eigenvalue weighted by molar-refractivity contribution is 7.88. The molecule has 1 saturated heterocycles. The van der Waals surface area contributed by atoms with Crippen molar-refractivity contribution >= 4 is 44.4 Å². The summed E-state index contributed by atoms with van der Waals surface area (Å²) < 4.78 is 26.9. The number of rotatable bonds is 8. The van der Waals surface area contributed by atoms with Gasteiger partial charge in [0.2, 0.25) is 15.9 Å². The van der Waals surface area contributed by atoms with Crippen LogP contribution in [-0.4, -0.2) is 68.5 Å². The maximum Gasteiger partial charge on any atom is 0.294 e. The van der Waals surface area contributed by atoms with Crippen LogP contribution in [0.15, 0.2) is 59.9 Å². The van der Waals surface area contributed by atoms with E-state index < -0.39 is 27.5 Å². The number of amides is 1. The van der Waals surface area contributed by atoms with Gasteiger partial charge in [0.15, 0.2) is 5.82 Å². The minimum Gasteiger partial charge on any atom is -0.361 e. The van der Waals surface area contributed by atoms with E-state index in [4.69, 9.17) is 11.6 Å². The Bertz CT molecular complexity index is 1640. The molecule has 0 aliphatic carbocycles. The van der Waals surface area contributed by atoms with Gasteiger partial charge in [0.1, 0.15) is 17.3 Å². The first-order valence-corrected chi connectivity index (χ1v) is 14.0. The van der Waals surface area contributed by atoms with Crippen LogP contribution >= 0.6 is 11.6 Å². The van der Waals surface area contributed by atoms with Crippen LogP contribution in [0.3, 0.4) is 0 Å². The van der Waals surface area contributed by atoms with E-state index in [9.17, 15) is 18.0 Å². The predicted octanol–water partition coefficient (Wildman–Crippen LogP) is 1.32. The lowest BCUT2D eigenvalue weighted by molar-refractivity contribution is -0.121. The molecule has 0 bridgehead atoms. The normalized spacial score (nSPS) is 18.1. The zero-order chi connectivity index (χ0) is 26.9. The fourth-order valence-corrected chi connectivity index (χ4v) is 5.50. The molecule has 0 radical (unpaired) electrons. The third-order valence-corrected chi connectivity index (χ3v) is 7.94. The van der Waals surface area contributed by atoms with Gasteiger partial charge < -0.3 is 15.6 Å². The summed E-state index contributed by atoms with van der Waals surface area (Å²) in [5.74, 6) is -0.771. The SMILES string of the molecule is CS(=O)(=O)N1C[C@H](Nc2ncc(Cl)n(CC(=O)NCc3cnc4[nH]ccc4c3)c2=O)[C@@H](c2ccccn2)C1. The molecule has 0 unspecified atom stereocenters. The summed E-state index contributed by atoms with van der Waals surface area (Å²) in [5.41, 5.74) is 1.65. The Morgan fingerprint density at radius 3 is 2.79 bits per heavy atom. The number of fused-ring (bicyclic) bond motifs is 1. The molecule has 1 fully saturated rings. The molecular weight excluding hydrogens is 532 g/mol. The zero-order valence-electron chi connectivity index (χ0n) is 20.3. The number of hydrogen-bond donors (Lipinski definition) is 3. The predicted molar refractivity (Wildman–Crippen MR) is 142 cm³/mol. The van der Waals surface area contributed by atoms with Gasteiger partial charge in [-0.1, -0.05) is 17.7 Å². The molecule has 0 aromatic carbocycles. The largest absolute Gasteiger partial charge is 0.361 e. The highest BCUT2D eigenvalue weighted by atomic mass is 35.5. The van der Waals surface area contributed by atoms with Crippen molar-refractivity contribution in [2.45, 2.75) is 25.0 Å². The van der Waals surface area contributed by atoms with Gasteiger partial charge >= 0.3 is 0 Å².